The largest absolute Gasteiger partial charge is 0.480 e. The van der Waals surface area contributed by atoms with E-state index in [2.05, 4.69) is 47.2 Å². The number of fused-ring (bicyclic) bond motifs is 1. The lowest BCUT2D eigenvalue weighted by molar-refractivity contribution is -0.142. The molecule has 19 nitrogen and oxygen atoms in total. The average molecular weight is 812 g/mol. The zero-order valence-corrected chi connectivity index (χ0v) is 34.0. The molecule has 1 aromatic carbocycles. The summed E-state index contributed by atoms with van der Waals surface area (Å²) in [4.78, 5) is 98.8. The highest BCUT2D eigenvalue weighted by atomic mass is 16.4. The highest BCUT2D eigenvalue weighted by Crippen LogP contribution is 2.20. The van der Waals surface area contributed by atoms with Gasteiger partial charge in [0, 0.05) is 30.1 Å². The lowest BCUT2D eigenvalue weighted by Crippen LogP contribution is -2.58. The SMILES string of the molecule is CC(C)C[C@H](NC(=O)CNC(=O)[C@H](CC(C)C)NC(=O)[C@@H]1CCCN1)C(=O)N[C@@H](Cc1c[nH]c2ccccc12)C(=O)N[C@@H](C)C(=O)N[C@H](CCCN=C(N)N)C(=O)O. The van der Waals surface area contributed by atoms with E-state index in [1.807, 2.05) is 52.0 Å². The summed E-state index contributed by atoms with van der Waals surface area (Å²) in [7, 11) is 0. The lowest BCUT2D eigenvalue weighted by atomic mass is 10.0. The number of benzene rings is 1. The second kappa shape index (κ2) is 22.9. The van der Waals surface area contributed by atoms with E-state index < -0.39 is 72.3 Å². The Balaban J connectivity index is 1.73. The zero-order valence-electron chi connectivity index (χ0n) is 34.0. The third kappa shape index (κ3) is 15.3. The molecule has 2 aromatic rings. The van der Waals surface area contributed by atoms with Gasteiger partial charge in [-0.05, 0) is 75.5 Å². The molecule has 1 aromatic heterocycles. The summed E-state index contributed by atoms with van der Waals surface area (Å²) in [5.41, 5.74) is 12.1. The quantitative estimate of drug-likeness (QED) is 0.0377. The molecule has 1 aliphatic rings. The Hall–Kier alpha value is -5.72. The second-order valence-electron chi connectivity index (χ2n) is 15.5. The van der Waals surface area contributed by atoms with Gasteiger partial charge in [0.1, 0.15) is 30.2 Å². The number of nitrogens with two attached hydrogens (primary N) is 2. The number of H-pyrrole nitrogens is 1. The average Bonchev–Trinajstić information content (AvgIpc) is 3.84. The molecular formula is C39H61N11O8. The Morgan fingerprint density at radius 2 is 1.45 bits per heavy atom. The Morgan fingerprint density at radius 1 is 0.810 bits per heavy atom. The molecule has 2 heterocycles. The van der Waals surface area contributed by atoms with Crippen molar-refractivity contribution in [1.82, 2.24) is 42.2 Å². The summed E-state index contributed by atoms with van der Waals surface area (Å²) in [5.74, 6) is -5.07. The number of aliphatic imine (C=N–C) groups is 1. The summed E-state index contributed by atoms with van der Waals surface area (Å²) in [6, 6.07) is 1.30. The smallest absolute Gasteiger partial charge is 0.326 e. The van der Waals surface area contributed by atoms with E-state index in [9.17, 15) is 38.7 Å². The van der Waals surface area contributed by atoms with Crippen molar-refractivity contribution in [1.29, 1.82) is 0 Å². The number of amides is 6. The second-order valence-corrected chi connectivity index (χ2v) is 15.5. The highest BCUT2D eigenvalue weighted by molar-refractivity contribution is 5.96. The fourth-order valence-corrected chi connectivity index (χ4v) is 6.56. The molecule has 1 aliphatic heterocycles. The van der Waals surface area contributed by atoms with Gasteiger partial charge in [-0.1, -0.05) is 45.9 Å². The number of rotatable bonds is 23. The molecule has 0 saturated carbocycles. The first-order chi connectivity index (χ1) is 27.4. The van der Waals surface area contributed by atoms with Gasteiger partial charge in [-0.15, -0.1) is 0 Å². The van der Waals surface area contributed by atoms with Gasteiger partial charge < -0.3 is 58.8 Å². The van der Waals surface area contributed by atoms with Crippen LogP contribution >= 0.6 is 0 Å². The number of aromatic amines is 1. The molecule has 0 spiro atoms. The van der Waals surface area contributed by atoms with Crippen molar-refractivity contribution in [2.24, 2.45) is 28.3 Å². The molecule has 13 N–H and O–H groups in total. The molecule has 3 rings (SSSR count). The van der Waals surface area contributed by atoms with Gasteiger partial charge in [-0.2, -0.15) is 0 Å². The maximum absolute atomic E-state index is 13.9. The van der Waals surface area contributed by atoms with E-state index in [4.69, 9.17) is 11.5 Å². The van der Waals surface area contributed by atoms with Crippen LogP contribution < -0.4 is 48.7 Å². The Labute approximate surface area is 338 Å². The topological polar surface area (TPSA) is 304 Å². The van der Waals surface area contributed by atoms with Crippen molar-refractivity contribution in [2.45, 2.75) is 116 Å². The number of carbonyl (C=O) groups excluding carboxylic acids is 6. The third-order valence-electron chi connectivity index (χ3n) is 9.54. The van der Waals surface area contributed by atoms with E-state index in [0.717, 1.165) is 17.3 Å². The molecule has 19 heteroatoms. The number of carbonyl (C=O) groups is 7. The maximum Gasteiger partial charge on any atom is 0.326 e. The van der Waals surface area contributed by atoms with Crippen LogP contribution in [0.4, 0.5) is 0 Å². The maximum atomic E-state index is 13.9. The molecule has 1 fully saturated rings. The van der Waals surface area contributed by atoms with Crippen LogP contribution in [0.5, 0.6) is 0 Å². The molecule has 0 bridgehead atoms. The van der Waals surface area contributed by atoms with E-state index in [1.54, 1.807) is 6.20 Å². The van der Waals surface area contributed by atoms with Gasteiger partial charge in [-0.3, -0.25) is 33.8 Å². The summed E-state index contributed by atoms with van der Waals surface area (Å²) < 4.78 is 0. The van der Waals surface area contributed by atoms with Gasteiger partial charge in [0.25, 0.3) is 0 Å². The minimum atomic E-state index is -1.28. The number of carboxylic acids is 1. The van der Waals surface area contributed by atoms with Crippen LogP contribution in [-0.4, -0.2) is 113 Å². The molecule has 0 aliphatic carbocycles. The predicted octanol–water partition coefficient (Wildman–Crippen LogP) is -0.747. The molecular weight excluding hydrogens is 750 g/mol. The number of guanidine groups is 1. The molecule has 6 atom stereocenters. The van der Waals surface area contributed by atoms with Crippen molar-refractivity contribution in [3.63, 3.8) is 0 Å². The molecule has 6 amide bonds. The van der Waals surface area contributed by atoms with E-state index >= 15 is 0 Å². The normalized spacial score (nSPS) is 16.4. The first-order valence-electron chi connectivity index (χ1n) is 19.8. The van der Waals surface area contributed by atoms with Crippen molar-refractivity contribution in [3.8, 4) is 0 Å². The van der Waals surface area contributed by atoms with Crippen molar-refractivity contribution in [3.05, 3.63) is 36.0 Å². The van der Waals surface area contributed by atoms with Crippen LogP contribution in [0.2, 0.25) is 0 Å². The number of hydrogen-bond donors (Lipinski definition) is 11. The number of aliphatic carboxylic acids is 1. The molecule has 0 unspecified atom stereocenters. The first-order valence-corrected chi connectivity index (χ1v) is 19.8. The lowest BCUT2D eigenvalue weighted by Gasteiger charge is -2.26. The van der Waals surface area contributed by atoms with Crippen molar-refractivity contribution in [2.75, 3.05) is 19.6 Å². The number of nitrogens with zero attached hydrogens (tertiary/aromatic N) is 1. The number of nitrogens with one attached hydrogen (secondary N) is 8. The minimum absolute atomic E-state index is 0.00376. The summed E-state index contributed by atoms with van der Waals surface area (Å²) in [6.07, 6.45) is 4.06. The van der Waals surface area contributed by atoms with Crippen LogP contribution in [-0.2, 0) is 40.0 Å². The first kappa shape index (κ1) is 46.7. The van der Waals surface area contributed by atoms with Gasteiger partial charge in [0.2, 0.25) is 35.4 Å². The van der Waals surface area contributed by atoms with Crippen LogP contribution in [0.1, 0.15) is 78.7 Å². The van der Waals surface area contributed by atoms with Crippen molar-refractivity contribution >= 4 is 58.3 Å². The number of para-hydroxylation sites is 1. The molecule has 58 heavy (non-hydrogen) atoms. The summed E-state index contributed by atoms with van der Waals surface area (Å²) in [5, 5.41) is 29.4. The molecule has 1 saturated heterocycles. The van der Waals surface area contributed by atoms with Gasteiger partial charge in [-0.25, -0.2) is 4.79 Å². The van der Waals surface area contributed by atoms with Gasteiger partial charge in [0.05, 0.1) is 12.6 Å². The van der Waals surface area contributed by atoms with Crippen LogP contribution in [0.25, 0.3) is 10.9 Å². The van der Waals surface area contributed by atoms with Gasteiger partial charge >= 0.3 is 5.97 Å². The fraction of sp³-hybridized carbons (Fsp3) is 0.590. The van der Waals surface area contributed by atoms with Gasteiger partial charge in [0.15, 0.2) is 5.96 Å². The molecule has 320 valence electrons. The molecule has 0 radical (unpaired) electrons. The Morgan fingerprint density at radius 3 is 2.07 bits per heavy atom. The standard InChI is InChI=1S/C39H61N11O8/c1-21(2)16-29(49-35(54)27-12-8-14-42-27)34(53)45-20-32(51)47-30(17-22(3)4)37(56)50-31(18-24-19-44-26-11-7-6-10-25(24)26)36(55)46-23(5)33(52)48-28(38(57)58)13-9-15-43-39(40)41/h6-7,10-11,19,21-23,27-31,42,44H,8-9,12-18,20H2,1-5H3,(H,45,53)(H,46,55)(H,47,51)(H,48,52)(H,49,54)(H,50,56)(H,57,58)(H4,40,41,43)/t23-,27-,28+,29-,30-,31-/m0/s1. The minimum Gasteiger partial charge on any atom is -0.480 e. The predicted molar refractivity (Wildman–Crippen MR) is 218 cm³/mol. The van der Waals surface area contributed by atoms with E-state index in [0.29, 0.717) is 24.9 Å². The fourth-order valence-electron chi connectivity index (χ4n) is 6.56. The summed E-state index contributed by atoms with van der Waals surface area (Å²) in [6.45, 7) is 9.34. The number of carboxylic acid groups (broad SMARTS) is 1. The zero-order chi connectivity index (χ0) is 42.9. The number of hydrogen-bond acceptors (Lipinski definition) is 9. The van der Waals surface area contributed by atoms with E-state index in [1.165, 1.54) is 6.92 Å². The monoisotopic (exact) mass is 811 g/mol. The highest BCUT2D eigenvalue weighted by Gasteiger charge is 2.32. The van der Waals surface area contributed by atoms with Crippen LogP contribution in [0.3, 0.4) is 0 Å². The van der Waals surface area contributed by atoms with Crippen LogP contribution in [0, 0.1) is 11.8 Å². The Bertz CT molecular complexity index is 1770. The Kier molecular flexibility index (Phi) is 18.4. The third-order valence-corrected chi connectivity index (χ3v) is 9.54. The van der Waals surface area contributed by atoms with Crippen molar-refractivity contribution < 1.29 is 38.7 Å². The summed E-state index contributed by atoms with van der Waals surface area (Å²) >= 11 is 0. The van der Waals surface area contributed by atoms with Crippen LogP contribution in [0.15, 0.2) is 35.5 Å². The number of aromatic nitrogens is 1. The van der Waals surface area contributed by atoms with E-state index in [-0.39, 0.29) is 62.0 Å².